The molecule has 6 nitrogen and oxygen atoms in total. The molecule has 0 spiro atoms. The number of nitrogens with zero attached hydrogens (tertiary/aromatic N) is 6. The van der Waals surface area contributed by atoms with Crippen LogP contribution in [0.5, 0.6) is 0 Å². The molecule has 248 valence electrons. The molecule has 0 unspecified atom stereocenters. The quantitative estimate of drug-likeness (QED) is 0.186. The first-order valence-corrected chi connectivity index (χ1v) is 17.3. The maximum Gasteiger partial charge on any atom is 0.143 e. The van der Waals surface area contributed by atoms with Gasteiger partial charge in [-0.3, -0.25) is 9.80 Å². The Labute approximate surface area is 303 Å². The van der Waals surface area contributed by atoms with Crippen LogP contribution in [0.25, 0.3) is 0 Å². The first kappa shape index (κ1) is 30.8. The third-order valence-corrected chi connectivity index (χ3v) is 9.19. The third kappa shape index (κ3) is 5.88. The minimum Gasteiger partial charge on any atom is -0.310 e. The van der Waals surface area contributed by atoms with E-state index in [2.05, 4.69) is 208 Å². The number of rotatable bonds is 4. The highest BCUT2D eigenvalue weighted by molar-refractivity contribution is 5.88. The highest BCUT2D eigenvalue weighted by Gasteiger charge is 2.23. The van der Waals surface area contributed by atoms with E-state index in [1.165, 1.54) is 0 Å². The number of para-hydroxylation sites is 4. The second-order valence-corrected chi connectivity index (χ2v) is 12.5. The molecule has 8 aromatic rings. The Hall–Kier alpha value is -7.18. The standard InChI is InChI=1S/C46H34N6/c1-5-16-35(17-6-1)49-39-24-13-25-40(30-39)50(36-18-7-2-8-19-36)42-27-15-29-44(32-42)52(38-22-11-4-12-23-38)46-33-45(47-34-48-46)51(37-20-9-3-10-21-37)43-28-14-26-41(49)31-43/h1-34H. The van der Waals surface area contributed by atoms with Gasteiger partial charge in [0.1, 0.15) is 18.0 Å². The summed E-state index contributed by atoms with van der Waals surface area (Å²) in [6.45, 7) is 0. The number of benzene rings is 7. The Morgan fingerprint density at radius 2 is 0.481 bits per heavy atom. The van der Waals surface area contributed by atoms with E-state index in [-0.39, 0.29) is 0 Å². The van der Waals surface area contributed by atoms with Crippen molar-refractivity contribution < 1.29 is 0 Å². The lowest BCUT2D eigenvalue weighted by Crippen LogP contribution is -2.17. The molecule has 7 aromatic carbocycles. The van der Waals surface area contributed by atoms with Crippen molar-refractivity contribution >= 4 is 68.5 Å². The number of anilines is 12. The van der Waals surface area contributed by atoms with Crippen LogP contribution in [0.15, 0.2) is 207 Å². The van der Waals surface area contributed by atoms with Gasteiger partial charge >= 0.3 is 0 Å². The summed E-state index contributed by atoms with van der Waals surface area (Å²) in [7, 11) is 0. The maximum absolute atomic E-state index is 4.90. The van der Waals surface area contributed by atoms with Crippen LogP contribution in [0.3, 0.4) is 0 Å². The van der Waals surface area contributed by atoms with Crippen LogP contribution in [0, 0.1) is 0 Å². The molecule has 0 atom stereocenters. The molecule has 0 N–H and O–H groups in total. The largest absolute Gasteiger partial charge is 0.310 e. The fraction of sp³-hybridized carbons (Fsp3) is 0. The van der Waals surface area contributed by atoms with E-state index in [4.69, 9.17) is 9.97 Å². The van der Waals surface area contributed by atoms with Crippen molar-refractivity contribution in [1.82, 2.24) is 9.97 Å². The number of fused-ring (bicyclic) bond motifs is 8. The zero-order chi connectivity index (χ0) is 34.7. The molecule has 9 rings (SSSR count). The Morgan fingerprint density at radius 3 is 0.788 bits per heavy atom. The molecule has 0 aliphatic carbocycles. The van der Waals surface area contributed by atoms with E-state index >= 15 is 0 Å². The van der Waals surface area contributed by atoms with E-state index in [1.807, 2.05) is 12.1 Å². The molecule has 2 heterocycles. The van der Waals surface area contributed by atoms with Crippen molar-refractivity contribution in [2.24, 2.45) is 0 Å². The van der Waals surface area contributed by atoms with Crippen molar-refractivity contribution in [2.75, 3.05) is 19.6 Å². The van der Waals surface area contributed by atoms with Crippen molar-refractivity contribution in [3.05, 3.63) is 207 Å². The van der Waals surface area contributed by atoms with Gasteiger partial charge in [-0.1, -0.05) is 91.0 Å². The molecule has 0 fully saturated rings. The van der Waals surface area contributed by atoms with Gasteiger partial charge in [0, 0.05) is 62.9 Å². The molecule has 0 saturated carbocycles. The summed E-state index contributed by atoms with van der Waals surface area (Å²) >= 11 is 0. The van der Waals surface area contributed by atoms with E-state index in [0.717, 1.165) is 68.5 Å². The Bertz CT molecular complexity index is 2010. The van der Waals surface area contributed by atoms with Crippen LogP contribution in [-0.2, 0) is 0 Å². The fourth-order valence-electron chi connectivity index (χ4n) is 6.93. The second kappa shape index (κ2) is 13.6. The second-order valence-electron chi connectivity index (χ2n) is 12.5. The maximum atomic E-state index is 4.90. The third-order valence-electron chi connectivity index (χ3n) is 9.19. The molecule has 0 amide bonds. The molecule has 1 aliphatic rings. The van der Waals surface area contributed by atoms with Crippen molar-refractivity contribution in [3.8, 4) is 0 Å². The molecule has 6 heteroatoms. The van der Waals surface area contributed by atoms with E-state index in [0.29, 0.717) is 0 Å². The summed E-state index contributed by atoms with van der Waals surface area (Å²) in [6.07, 6.45) is 1.66. The van der Waals surface area contributed by atoms with E-state index < -0.39 is 0 Å². The number of hydrogen-bond donors (Lipinski definition) is 0. The van der Waals surface area contributed by atoms with Gasteiger partial charge in [-0.25, -0.2) is 9.97 Å². The summed E-state index contributed by atoms with van der Waals surface area (Å²) in [5, 5.41) is 0. The molecule has 0 radical (unpaired) electrons. The molecule has 1 aliphatic heterocycles. The fourth-order valence-corrected chi connectivity index (χ4v) is 6.93. The van der Waals surface area contributed by atoms with Crippen molar-refractivity contribution in [1.29, 1.82) is 0 Å². The molecular formula is C46H34N6. The Kier molecular flexibility index (Phi) is 8.08. The topological polar surface area (TPSA) is 38.7 Å². The van der Waals surface area contributed by atoms with Crippen LogP contribution in [-0.4, -0.2) is 9.97 Å². The normalized spacial score (nSPS) is 12.5. The van der Waals surface area contributed by atoms with Gasteiger partial charge in [0.25, 0.3) is 0 Å². The Balaban J connectivity index is 1.36. The van der Waals surface area contributed by atoms with Crippen LogP contribution in [0.1, 0.15) is 0 Å². The lowest BCUT2D eigenvalue weighted by Gasteiger charge is -2.32. The predicted octanol–water partition coefficient (Wildman–Crippen LogP) is 12.7. The summed E-state index contributed by atoms with van der Waals surface area (Å²) < 4.78 is 0. The minimum atomic E-state index is 0.747. The minimum absolute atomic E-state index is 0.747. The van der Waals surface area contributed by atoms with Crippen LogP contribution in [0.4, 0.5) is 68.5 Å². The van der Waals surface area contributed by atoms with Gasteiger partial charge in [0.15, 0.2) is 0 Å². The van der Waals surface area contributed by atoms with Crippen LogP contribution < -0.4 is 19.6 Å². The summed E-state index contributed by atoms with van der Waals surface area (Å²) in [5.41, 5.74) is 10.1. The van der Waals surface area contributed by atoms with Gasteiger partial charge in [-0.15, -0.1) is 0 Å². The predicted molar refractivity (Wildman–Crippen MR) is 214 cm³/mol. The number of hydrogen-bond acceptors (Lipinski definition) is 6. The highest BCUT2D eigenvalue weighted by Crippen LogP contribution is 2.45. The lowest BCUT2D eigenvalue weighted by molar-refractivity contribution is 1.08. The molecule has 0 saturated heterocycles. The van der Waals surface area contributed by atoms with Gasteiger partial charge in [0.05, 0.1) is 0 Å². The Morgan fingerprint density at radius 1 is 0.231 bits per heavy atom. The summed E-state index contributed by atoms with van der Waals surface area (Å²) in [6, 6.07) is 69.9. The van der Waals surface area contributed by atoms with Gasteiger partial charge in [0.2, 0.25) is 0 Å². The van der Waals surface area contributed by atoms with Crippen LogP contribution >= 0.6 is 0 Å². The van der Waals surface area contributed by atoms with Gasteiger partial charge in [-0.2, -0.15) is 0 Å². The van der Waals surface area contributed by atoms with Crippen molar-refractivity contribution in [3.63, 3.8) is 0 Å². The monoisotopic (exact) mass is 670 g/mol. The first-order chi connectivity index (χ1) is 25.8. The lowest BCUT2D eigenvalue weighted by atomic mass is 10.1. The average Bonchev–Trinajstić information content (AvgIpc) is 3.21. The van der Waals surface area contributed by atoms with Gasteiger partial charge in [-0.05, 0) is 103 Å². The summed E-state index contributed by atoms with van der Waals surface area (Å²) in [5.74, 6) is 1.49. The zero-order valence-corrected chi connectivity index (χ0v) is 28.3. The average molecular weight is 671 g/mol. The SMILES string of the molecule is c1ccc(N2c3cccc(c3)N(c3ccccc3)c3cccc(c3)N(c3ccccc3)c3cc(ncn3)N(c3ccccc3)c3cccc2c3)cc1. The van der Waals surface area contributed by atoms with E-state index in [1.54, 1.807) is 6.33 Å². The van der Waals surface area contributed by atoms with Crippen LogP contribution in [0.2, 0.25) is 0 Å². The molecule has 8 bridgehead atoms. The summed E-state index contributed by atoms with van der Waals surface area (Å²) in [4.78, 5) is 18.8. The van der Waals surface area contributed by atoms with Gasteiger partial charge < -0.3 is 9.80 Å². The zero-order valence-electron chi connectivity index (χ0n) is 28.3. The number of aromatic nitrogens is 2. The molecular weight excluding hydrogens is 637 g/mol. The molecule has 1 aromatic heterocycles. The first-order valence-electron chi connectivity index (χ1n) is 17.3. The van der Waals surface area contributed by atoms with Crippen molar-refractivity contribution in [2.45, 2.75) is 0 Å². The highest BCUT2D eigenvalue weighted by atomic mass is 15.3. The smallest absolute Gasteiger partial charge is 0.143 e. The molecule has 52 heavy (non-hydrogen) atoms. The van der Waals surface area contributed by atoms with E-state index in [9.17, 15) is 0 Å².